The number of hydrogen-bond donors (Lipinski definition) is 1. The average molecular weight is 381 g/mol. The van der Waals surface area contributed by atoms with E-state index in [0.717, 1.165) is 22.0 Å². The third-order valence-electron chi connectivity index (χ3n) is 4.70. The molecule has 0 bridgehead atoms. The molecule has 26 heavy (non-hydrogen) atoms. The Balaban J connectivity index is 2.21. The first-order valence-electron chi connectivity index (χ1n) is 8.76. The van der Waals surface area contributed by atoms with Crippen LogP contribution in [0.2, 0.25) is 0 Å². The molecular weight excluding hydrogens is 354 g/mol. The molecule has 0 aromatic heterocycles. The van der Waals surface area contributed by atoms with E-state index in [-0.39, 0.29) is 35.3 Å². The molecule has 0 aliphatic carbocycles. The molecule has 1 heterocycles. The van der Waals surface area contributed by atoms with Crippen molar-refractivity contribution in [1.29, 1.82) is 0 Å². The van der Waals surface area contributed by atoms with Crippen LogP contribution in [0.3, 0.4) is 0 Å². The van der Waals surface area contributed by atoms with E-state index < -0.39 is 10.0 Å². The van der Waals surface area contributed by atoms with E-state index >= 15 is 0 Å². The highest BCUT2D eigenvalue weighted by Gasteiger charge is 2.31. The average Bonchev–Trinajstić information content (AvgIpc) is 2.89. The van der Waals surface area contributed by atoms with Gasteiger partial charge in [-0.05, 0) is 50.5 Å². The zero-order valence-corrected chi connectivity index (χ0v) is 16.8. The fourth-order valence-corrected chi connectivity index (χ4v) is 4.32. The van der Waals surface area contributed by atoms with Crippen LogP contribution in [0.15, 0.2) is 23.1 Å². The van der Waals surface area contributed by atoms with Crippen LogP contribution < -0.4 is 10.2 Å². The number of nitrogens with zero attached hydrogens (tertiary/aromatic N) is 2. The largest absolute Gasteiger partial charge is 0.353 e. The van der Waals surface area contributed by atoms with Crippen LogP contribution in [-0.4, -0.2) is 50.2 Å². The van der Waals surface area contributed by atoms with Crippen molar-refractivity contribution in [3.05, 3.63) is 23.8 Å². The van der Waals surface area contributed by atoms with Gasteiger partial charge in [0.25, 0.3) is 0 Å². The maximum Gasteiger partial charge on any atom is 0.243 e. The number of benzene rings is 1. The van der Waals surface area contributed by atoms with Crippen LogP contribution in [0, 0.1) is 0 Å². The molecule has 144 valence electrons. The summed E-state index contributed by atoms with van der Waals surface area (Å²) >= 11 is 0. The first-order chi connectivity index (χ1) is 12.1. The molecule has 0 saturated carbocycles. The van der Waals surface area contributed by atoms with Gasteiger partial charge in [0.15, 0.2) is 0 Å². The Morgan fingerprint density at radius 2 is 2.04 bits per heavy atom. The molecule has 0 unspecified atom stereocenters. The summed E-state index contributed by atoms with van der Waals surface area (Å²) in [7, 11) is -2.39. The fourth-order valence-electron chi connectivity index (χ4n) is 3.14. The summed E-state index contributed by atoms with van der Waals surface area (Å²) in [6, 6.07) is 4.76. The van der Waals surface area contributed by atoms with E-state index in [9.17, 15) is 18.0 Å². The Labute approximate surface area is 155 Å². The van der Waals surface area contributed by atoms with Crippen molar-refractivity contribution < 1.29 is 18.0 Å². The van der Waals surface area contributed by atoms with E-state index in [1.807, 2.05) is 20.8 Å². The molecule has 1 aliphatic heterocycles. The number of likely N-dealkylation sites (N-methyl/N-ethyl adjacent to an activating group) is 1. The second-order valence-corrected chi connectivity index (χ2v) is 8.92. The monoisotopic (exact) mass is 381 g/mol. The van der Waals surface area contributed by atoms with Gasteiger partial charge in [-0.1, -0.05) is 6.92 Å². The normalized spacial score (nSPS) is 17.9. The number of sulfonamides is 1. The molecule has 1 N–H and O–H groups in total. The number of nitrogens with one attached hydrogen (secondary N) is 1. The molecule has 0 fully saturated rings. The van der Waals surface area contributed by atoms with E-state index in [0.29, 0.717) is 6.42 Å². The van der Waals surface area contributed by atoms with Gasteiger partial charge in [0, 0.05) is 31.7 Å². The Morgan fingerprint density at radius 3 is 2.62 bits per heavy atom. The maximum atomic E-state index is 12.8. The lowest BCUT2D eigenvalue weighted by Gasteiger charge is -2.21. The van der Waals surface area contributed by atoms with Gasteiger partial charge in [0.05, 0.1) is 11.4 Å². The molecular formula is C18H27N3O4S. The van der Waals surface area contributed by atoms with Gasteiger partial charge in [-0.3, -0.25) is 9.59 Å². The van der Waals surface area contributed by atoms with Gasteiger partial charge in [-0.2, -0.15) is 4.31 Å². The summed E-state index contributed by atoms with van der Waals surface area (Å²) in [5, 5.41) is 2.76. The fraction of sp³-hybridized carbons (Fsp3) is 0.556. The minimum Gasteiger partial charge on any atom is -0.353 e. The SMILES string of the molecule is CC[C@@H](C)NC(=O)CN(C)S(=O)(=O)c1ccc2c(c1)C[C@H](C)N2C(C)=O. The third kappa shape index (κ3) is 4.07. The molecule has 2 rings (SSSR count). The number of carbonyl (C=O) groups is 2. The molecule has 8 heteroatoms. The predicted molar refractivity (Wildman–Crippen MR) is 100 cm³/mol. The molecule has 0 saturated heterocycles. The lowest BCUT2D eigenvalue weighted by molar-refractivity contribution is -0.121. The van der Waals surface area contributed by atoms with Crippen LogP contribution in [0.1, 0.15) is 39.7 Å². The molecule has 1 aromatic rings. The maximum absolute atomic E-state index is 12.8. The molecule has 2 atom stereocenters. The summed E-state index contributed by atoms with van der Waals surface area (Å²) in [4.78, 5) is 25.6. The van der Waals surface area contributed by atoms with Crippen LogP contribution >= 0.6 is 0 Å². The Hall–Kier alpha value is -1.93. The predicted octanol–water partition coefficient (Wildman–Crippen LogP) is 1.52. The van der Waals surface area contributed by atoms with Gasteiger partial charge < -0.3 is 10.2 Å². The minimum absolute atomic E-state index is 0.000470. The quantitative estimate of drug-likeness (QED) is 0.809. The molecule has 7 nitrogen and oxygen atoms in total. The molecule has 1 aromatic carbocycles. The topological polar surface area (TPSA) is 86.8 Å². The lowest BCUT2D eigenvalue weighted by Crippen LogP contribution is -2.41. The summed E-state index contributed by atoms with van der Waals surface area (Å²) in [5.74, 6) is -0.395. The highest BCUT2D eigenvalue weighted by atomic mass is 32.2. The van der Waals surface area contributed by atoms with Crippen molar-refractivity contribution in [1.82, 2.24) is 9.62 Å². The summed E-state index contributed by atoms with van der Waals surface area (Å²) in [5.41, 5.74) is 1.58. The van der Waals surface area contributed by atoms with Crippen molar-refractivity contribution in [3.8, 4) is 0 Å². The van der Waals surface area contributed by atoms with E-state index in [2.05, 4.69) is 5.32 Å². The number of rotatable bonds is 6. The lowest BCUT2D eigenvalue weighted by atomic mass is 10.1. The standard InChI is InChI=1S/C18H27N3O4S/c1-6-12(2)19-18(23)11-20(5)26(24,25)16-7-8-17-15(10-16)9-13(3)21(17)14(4)22/h7-8,10,12-13H,6,9,11H2,1-5H3,(H,19,23)/t12-,13+/m1/s1. The van der Waals surface area contributed by atoms with E-state index in [1.54, 1.807) is 17.0 Å². The second-order valence-electron chi connectivity index (χ2n) is 6.87. The first kappa shape index (κ1) is 20.4. The zero-order valence-electron chi connectivity index (χ0n) is 15.9. The van der Waals surface area contributed by atoms with Crippen LogP contribution in [0.4, 0.5) is 5.69 Å². The van der Waals surface area contributed by atoms with Crippen molar-refractivity contribution >= 4 is 27.5 Å². The van der Waals surface area contributed by atoms with E-state index in [4.69, 9.17) is 0 Å². The van der Waals surface area contributed by atoms with Crippen LogP contribution in [0.25, 0.3) is 0 Å². The molecule has 0 spiro atoms. The van der Waals surface area contributed by atoms with Crippen molar-refractivity contribution in [2.45, 2.75) is 57.5 Å². The highest BCUT2D eigenvalue weighted by molar-refractivity contribution is 7.89. The van der Waals surface area contributed by atoms with Gasteiger partial charge in [0.2, 0.25) is 21.8 Å². The smallest absolute Gasteiger partial charge is 0.243 e. The Kier molecular flexibility index (Phi) is 6.08. The first-order valence-corrected chi connectivity index (χ1v) is 10.2. The Morgan fingerprint density at radius 1 is 1.38 bits per heavy atom. The van der Waals surface area contributed by atoms with Gasteiger partial charge >= 0.3 is 0 Å². The molecule has 0 radical (unpaired) electrons. The van der Waals surface area contributed by atoms with E-state index in [1.165, 1.54) is 20.0 Å². The minimum atomic E-state index is -3.78. The Bertz CT molecular complexity index is 807. The summed E-state index contributed by atoms with van der Waals surface area (Å²) in [6.07, 6.45) is 1.38. The van der Waals surface area contributed by atoms with Crippen molar-refractivity contribution in [2.75, 3.05) is 18.5 Å². The van der Waals surface area contributed by atoms with Crippen molar-refractivity contribution in [3.63, 3.8) is 0 Å². The number of amides is 2. The highest BCUT2D eigenvalue weighted by Crippen LogP contribution is 2.34. The van der Waals surface area contributed by atoms with Gasteiger partial charge in [0.1, 0.15) is 0 Å². The summed E-state index contributed by atoms with van der Waals surface area (Å²) < 4.78 is 26.6. The number of hydrogen-bond acceptors (Lipinski definition) is 4. The van der Waals surface area contributed by atoms with Crippen molar-refractivity contribution in [2.24, 2.45) is 0 Å². The zero-order chi connectivity index (χ0) is 19.6. The molecule has 2 amide bonds. The second kappa shape index (κ2) is 7.75. The molecule has 1 aliphatic rings. The van der Waals surface area contributed by atoms with Gasteiger partial charge in [-0.25, -0.2) is 8.42 Å². The summed E-state index contributed by atoms with van der Waals surface area (Å²) in [6.45, 7) is 7.01. The number of anilines is 1. The van der Waals surface area contributed by atoms with Crippen LogP contribution in [-0.2, 0) is 26.0 Å². The van der Waals surface area contributed by atoms with Crippen LogP contribution in [0.5, 0.6) is 0 Å². The van der Waals surface area contributed by atoms with Gasteiger partial charge in [-0.15, -0.1) is 0 Å². The third-order valence-corrected chi connectivity index (χ3v) is 6.50. The number of fused-ring (bicyclic) bond motifs is 1. The number of carbonyl (C=O) groups excluding carboxylic acids is 2.